The quantitative estimate of drug-likeness (QED) is 0.453. The highest BCUT2D eigenvalue weighted by molar-refractivity contribution is 7.62. The van der Waals surface area contributed by atoms with Gasteiger partial charge in [0.25, 0.3) is 5.69 Å². The smallest absolute Gasteiger partial charge is 0.305 e. The number of hydrogen-bond acceptors (Lipinski definition) is 5. The second-order valence-corrected chi connectivity index (χ2v) is 5.22. The van der Waals surface area contributed by atoms with Crippen LogP contribution in [0.2, 0.25) is 0 Å². The van der Waals surface area contributed by atoms with E-state index in [4.69, 9.17) is 9.05 Å². The van der Waals surface area contributed by atoms with Gasteiger partial charge in [0, 0.05) is 6.07 Å². The number of non-ortho nitro benzene ring substituents is 1. The van der Waals surface area contributed by atoms with Crippen molar-refractivity contribution in [3.8, 4) is 0 Å². The normalized spacial score (nSPS) is 11.5. The van der Waals surface area contributed by atoms with E-state index in [1.54, 1.807) is 13.8 Å². The Balaban J connectivity index is 3.22. The van der Waals surface area contributed by atoms with Gasteiger partial charge in [-0.1, -0.05) is 0 Å². The summed E-state index contributed by atoms with van der Waals surface area (Å²) in [6.07, 6.45) is 0. The first-order chi connectivity index (χ1) is 8.44. The average molecular weight is 277 g/mol. The van der Waals surface area contributed by atoms with E-state index in [-0.39, 0.29) is 18.5 Å². The van der Waals surface area contributed by atoms with Gasteiger partial charge in [0.15, 0.2) is 0 Å². The highest BCUT2D eigenvalue weighted by Crippen LogP contribution is 2.47. The molecule has 0 fully saturated rings. The van der Waals surface area contributed by atoms with Gasteiger partial charge in [-0.15, -0.1) is 0 Å². The maximum absolute atomic E-state index is 13.7. The first-order valence-electron chi connectivity index (χ1n) is 5.28. The van der Waals surface area contributed by atoms with E-state index >= 15 is 0 Å². The molecule has 0 heterocycles. The molecule has 0 aliphatic rings. The Bertz CT molecular complexity index is 483. The summed E-state index contributed by atoms with van der Waals surface area (Å²) in [5.74, 6) is -0.977. The molecule has 6 nitrogen and oxygen atoms in total. The van der Waals surface area contributed by atoms with E-state index in [0.29, 0.717) is 6.07 Å². The van der Waals surface area contributed by atoms with Gasteiger partial charge in [0.2, 0.25) is 0 Å². The lowest BCUT2D eigenvalue weighted by molar-refractivity contribution is -0.385. The number of nitrogens with zero attached hydrogens (tertiary/aromatic N) is 1. The molecule has 0 bridgehead atoms. The van der Waals surface area contributed by atoms with Crippen LogP contribution in [-0.4, -0.2) is 18.1 Å². The molecule has 0 aromatic heterocycles. The van der Waals surface area contributed by atoms with Crippen LogP contribution in [0.15, 0.2) is 18.2 Å². The van der Waals surface area contributed by atoms with Gasteiger partial charge in [0.05, 0.1) is 24.2 Å². The average Bonchev–Trinajstić information content (AvgIpc) is 2.29. The van der Waals surface area contributed by atoms with Crippen molar-refractivity contribution in [1.82, 2.24) is 0 Å². The van der Waals surface area contributed by atoms with Gasteiger partial charge in [-0.25, -0.2) is 4.39 Å². The summed E-state index contributed by atoms with van der Waals surface area (Å²) in [6.45, 7) is 3.34. The van der Waals surface area contributed by atoms with Crippen molar-refractivity contribution in [3.05, 3.63) is 34.1 Å². The number of nitro benzene ring substituents is 1. The highest BCUT2D eigenvalue weighted by Gasteiger charge is 2.31. The molecule has 0 aliphatic carbocycles. The van der Waals surface area contributed by atoms with Crippen LogP contribution in [0.4, 0.5) is 10.1 Å². The first kappa shape index (κ1) is 14.8. The zero-order chi connectivity index (χ0) is 13.8. The number of nitro groups is 1. The van der Waals surface area contributed by atoms with Crippen LogP contribution in [0, 0.1) is 15.9 Å². The number of benzene rings is 1. The van der Waals surface area contributed by atoms with Crippen molar-refractivity contribution in [2.45, 2.75) is 13.8 Å². The minimum atomic E-state index is -3.76. The Labute approximate surface area is 103 Å². The molecule has 100 valence electrons. The molecule has 1 aromatic carbocycles. The zero-order valence-electron chi connectivity index (χ0n) is 9.96. The summed E-state index contributed by atoms with van der Waals surface area (Å²) in [5.41, 5.74) is -0.421. The SMILES string of the molecule is CCOP(=O)(OCC)c1ccc([N+](=O)[O-])cc1F. The molecular formula is C10H13FNO5P. The third-order valence-corrected chi connectivity index (χ3v) is 4.18. The predicted molar refractivity (Wildman–Crippen MR) is 63.5 cm³/mol. The number of hydrogen-bond donors (Lipinski definition) is 0. The van der Waals surface area contributed by atoms with Gasteiger partial charge in [-0.05, 0) is 19.9 Å². The Hall–Kier alpha value is -1.30. The van der Waals surface area contributed by atoms with Crippen molar-refractivity contribution in [1.29, 1.82) is 0 Å². The fourth-order valence-corrected chi connectivity index (χ4v) is 2.96. The topological polar surface area (TPSA) is 78.7 Å². The summed E-state index contributed by atoms with van der Waals surface area (Å²) in [4.78, 5) is 9.74. The molecule has 0 saturated carbocycles. The second kappa shape index (κ2) is 6.04. The van der Waals surface area contributed by atoms with Crippen molar-refractivity contribution in [3.63, 3.8) is 0 Å². The maximum atomic E-state index is 13.7. The fraction of sp³-hybridized carbons (Fsp3) is 0.400. The molecule has 1 aromatic rings. The van der Waals surface area contributed by atoms with Crippen molar-refractivity contribution in [2.75, 3.05) is 13.2 Å². The zero-order valence-corrected chi connectivity index (χ0v) is 10.9. The third kappa shape index (κ3) is 3.13. The molecule has 0 radical (unpaired) electrons. The molecule has 1 rings (SSSR count). The molecular weight excluding hydrogens is 264 g/mol. The van der Waals surface area contributed by atoms with Crippen molar-refractivity contribution < 1.29 is 22.9 Å². The van der Waals surface area contributed by atoms with Gasteiger partial charge < -0.3 is 9.05 Å². The molecule has 0 aliphatic heterocycles. The van der Waals surface area contributed by atoms with Crippen LogP contribution in [0.1, 0.15) is 13.8 Å². The third-order valence-electron chi connectivity index (χ3n) is 2.04. The molecule has 0 saturated heterocycles. The summed E-state index contributed by atoms with van der Waals surface area (Å²) < 4.78 is 35.9. The lowest BCUT2D eigenvalue weighted by Crippen LogP contribution is -2.14. The van der Waals surface area contributed by atoms with Crippen molar-refractivity contribution >= 4 is 18.6 Å². The fourth-order valence-electron chi connectivity index (χ4n) is 1.35. The van der Waals surface area contributed by atoms with E-state index in [9.17, 15) is 19.1 Å². The lowest BCUT2D eigenvalue weighted by atomic mass is 10.3. The van der Waals surface area contributed by atoms with Gasteiger partial charge in [0.1, 0.15) is 11.1 Å². The summed E-state index contributed by atoms with van der Waals surface area (Å²) >= 11 is 0. The van der Waals surface area contributed by atoms with E-state index in [1.807, 2.05) is 0 Å². The summed E-state index contributed by atoms with van der Waals surface area (Å²) in [5, 5.41) is 10.2. The van der Waals surface area contributed by atoms with Gasteiger partial charge in [-0.2, -0.15) is 0 Å². The van der Waals surface area contributed by atoms with Crippen LogP contribution in [-0.2, 0) is 13.6 Å². The second-order valence-electron chi connectivity index (χ2n) is 3.23. The monoisotopic (exact) mass is 277 g/mol. The molecule has 0 spiro atoms. The minimum absolute atomic E-state index is 0.0771. The van der Waals surface area contributed by atoms with Crippen molar-refractivity contribution in [2.24, 2.45) is 0 Å². The molecule has 8 heteroatoms. The minimum Gasteiger partial charge on any atom is -0.305 e. The van der Waals surface area contributed by atoms with Crippen LogP contribution >= 0.6 is 7.60 Å². The summed E-state index contributed by atoms with van der Waals surface area (Å²) in [6, 6.07) is 2.81. The summed E-state index contributed by atoms with van der Waals surface area (Å²) in [7, 11) is -3.76. The Morgan fingerprint density at radius 2 is 1.89 bits per heavy atom. The molecule has 0 atom stereocenters. The number of rotatable bonds is 6. The predicted octanol–water partition coefficient (Wildman–Crippen LogP) is 2.63. The largest absolute Gasteiger partial charge is 0.364 e. The molecule has 0 unspecified atom stereocenters. The molecule has 0 amide bonds. The van der Waals surface area contributed by atoms with E-state index < -0.39 is 24.0 Å². The van der Waals surface area contributed by atoms with Crippen LogP contribution in [0.5, 0.6) is 0 Å². The van der Waals surface area contributed by atoms with E-state index in [2.05, 4.69) is 0 Å². The van der Waals surface area contributed by atoms with Gasteiger partial charge in [-0.3, -0.25) is 14.7 Å². The van der Waals surface area contributed by atoms with Gasteiger partial charge >= 0.3 is 7.60 Å². The van der Waals surface area contributed by atoms with Crippen LogP contribution < -0.4 is 5.30 Å². The molecule has 0 N–H and O–H groups in total. The first-order valence-corrected chi connectivity index (χ1v) is 6.82. The van der Waals surface area contributed by atoms with E-state index in [1.165, 1.54) is 0 Å². The maximum Gasteiger partial charge on any atom is 0.364 e. The Morgan fingerprint density at radius 1 is 1.33 bits per heavy atom. The number of halogens is 1. The standard InChI is InChI=1S/C10H13FNO5P/c1-3-16-18(15,17-4-2)10-6-5-8(12(13)14)7-9(10)11/h5-7H,3-4H2,1-2H3. The Morgan fingerprint density at radius 3 is 2.28 bits per heavy atom. The highest BCUT2D eigenvalue weighted by atomic mass is 31.2. The lowest BCUT2D eigenvalue weighted by Gasteiger charge is -2.17. The van der Waals surface area contributed by atoms with Crippen LogP contribution in [0.25, 0.3) is 0 Å². The molecule has 18 heavy (non-hydrogen) atoms. The Kier molecular flexibility index (Phi) is 4.95. The van der Waals surface area contributed by atoms with Crippen LogP contribution in [0.3, 0.4) is 0 Å². The van der Waals surface area contributed by atoms with E-state index in [0.717, 1.165) is 12.1 Å².